The zero-order valence-electron chi connectivity index (χ0n) is 18.8. The number of fused-ring (bicyclic) bond motifs is 1. The van der Waals surface area contributed by atoms with Gasteiger partial charge in [0.15, 0.2) is 16.3 Å². The topological polar surface area (TPSA) is 92.3 Å². The first-order valence-electron chi connectivity index (χ1n) is 10.5. The molecule has 0 N–H and O–H groups in total. The molecule has 0 bridgehead atoms. The molecule has 0 aliphatic carbocycles. The zero-order valence-corrected chi connectivity index (χ0v) is 19.6. The number of ether oxygens (including phenoxy) is 3. The molecule has 0 spiro atoms. The van der Waals surface area contributed by atoms with Gasteiger partial charge in [0.2, 0.25) is 0 Å². The Kier molecular flexibility index (Phi) is 6.50. The molecule has 172 valence electrons. The van der Waals surface area contributed by atoms with E-state index < -0.39 is 12.0 Å². The summed E-state index contributed by atoms with van der Waals surface area (Å²) >= 11 is 1.23. The molecule has 1 atom stereocenters. The summed E-state index contributed by atoms with van der Waals surface area (Å²) in [5, 5.41) is 0. The molecular formula is C24H24N2O6S. The molecular weight excluding hydrogens is 444 g/mol. The molecule has 0 saturated carbocycles. The van der Waals surface area contributed by atoms with Gasteiger partial charge in [0.05, 0.1) is 42.4 Å². The zero-order chi connectivity index (χ0) is 23.5. The van der Waals surface area contributed by atoms with Crippen molar-refractivity contribution in [1.82, 2.24) is 4.57 Å². The molecule has 0 radical (unpaired) electrons. The number of nitrogens with zero attached hydrogens (tertiary/aromatic N) is 2. The lowest BCUT2D eigenvalue weighted by molar-refractivity contribution is -0.139. The average Bonchev–Trinajstić information content (AvgIpc) is 3.41. The van der Waals surface area contributed by atoms with Crippen LogP contribution in [0.3, 0.4) is 0 Å². The van der Waals surface area contributed by atoms with Gasteiger partial charge in [-0.3, -0.25) is 9.36 Å². The van der Waals surface area contributed by atoms with Gasteiger partial charge in [-0.15, -0.1) is 0 Å². The first-order valence-corrected chi connectivity index (χ1v) is 11.3. The van der Waals surface area contributed by atoms with Crippen molar-refractivity contribution in [3.05, 3.63) is 78.9 Å². The number of allylic oxidation sites excluding steroid dienone is 1. The molecule has 1 aliphatic heterocycles. The van der Waals surface area contributed by atoms with Crippen molar-refractivity contribution < 1.29 is 23.4 Å². The van der Waals surface area contributed by atoms with Crippen LogP contribution in [-0.4, -0.2) is 30.9 Å². The van der Waals surface area contributed by atoms with Gasteiger partial charge in [-0.2, -0.15) is 0 Å². The molecule has 0 saturated heterocycles. The second-order valence-electron chi connectivity index (χ2n) is 7.13. The number of carbonyl (C=O) groups is 1. The van der Waals surface area contributed by atoms with Gasteiger partial charge in [-0.25, -0.2) is 9.79 Å². The van der Waals surface area contributed by atoms with E-state index in [-0.39, 0.29) is 17.7 Å². The predicted octanol–water partition coefficient (Wildman–Crippen LogP) is 2.80. The first-order chi connectivity index (χ1) is 16.0. The number of esters is 1. The third-order valence-corrected chi connectivity index (χ3v) is 6.13. The van der Waals surface area contributed by atoms with E-state index in [1.807, 2.05) is 13.0 Å². The maximum absolute atomic E-state index is 13.6. The van der Waals surface area contributed by atoms with E-state index >= 15 is 0 Å². The SMILES string of the molecule is CCOC(=O)C1=C(C)N=c2s/c(=C/c3ccco3)c(=O)n2[C@@H]1c1cccc(OC)c1OCC. The number of furan rings is 1. The summed E-state index contributed by atoms with van der Waals surface area (Å²) in [6.45, 7) is 5.91. The molecule has 33 heavy (non-hydrogen) atoms. The number of hydrogen-bond acceptors (Lipinski definition) is 8. The summed E-state index contributed by atoms with van der Waals surface area (Å²) in [4.78, 5) is 31.7. The van der Waals surface area contributed by atoms with Gasteiger partial charge < -0.3 is 18.6 Å². The van der Waals surface area contributed by atoms with Crippen LogP contribution >= 0.6 is 11.3 Å². The van der Waals surface area contributed by atoms with E-state index in [4.69, 9.17) is 18.6 Å². The monoisotopic (exact) mass is 468 g/mol. The minimum Gasteiger partial charge on any atom is -0.493 e. The highest BCUT2D eigenvalue weighted by molar-refractivity contribution is 7.07. The number of para-hydroxylation sites is 1. The number of rotatable bonds is 7. The molecule has 4 rings (SSSR count). The number of aromatic nitrogens is 1. The van der Waals surface area contributed by atoms with E-state index in [0.29, 0.717) is 44.5 Å². The fourth-order valence-corrected chi connectivity index (χ4v) is 4.82. The van der Waals surface area contributed by atoms with Crippen molar-refractivity contribution in [3.63, 3.8) is 0 Å². The number of hydrogen-bond donors (Lipinski definition) is 0. The fraction of sp³-hybridized carbons (Fsp3) is 0.292. The number of carbonyl (C=O) groups excluding carboxylic acids is 1. The van der Waals surface area contributed by atoms with Crippen LogP contribution in [0.4, 0.5) is 0 Å². The summed E-state index contributed by atoms with van der Waals surface area (Å²) < 4.78 is 24.1. The second-order valence-corrected chi connectivity index (χ2v) is 8.14. The molecule has 3 aromatic rings. The summed E-state index contributed by atoms with van der Waals surface area (Å²) in [6, 6.07) is 8.11. The van der Waals surface area contributed by atoms with Crippen molar-refractivity contribution in [2.75, 3.05) is 20.3 Å². The summed E-state index contributed by atoms with van der Waals surface area (Å²) in [5.74, 6) is 0.985. The molecule has 9 heteroatoms. The van der Waals surface area contributed by atoms with Gasteiger partial charge >= 0.3 is 5.97 Å². The molecule has 0 unspecified atom stereocenters. The van der Waals surface area contributed by atoms with Crippen molar-refractivity contribution in [2.24, 2.45) is 4.99 Å². The number of thiazole rings is 1. The lowest BCUT2D eigenvalue weighted by Crippen LogP contribution is -2.40. The largest absolute Gasteiger partial charge is 0.493 e. The minimum absolute atomic E-state index is 0.196. The van der Waals surface area contributed by atoms with Gasteiger partial charge in [0.1, 0.15) is 11.8 Å². The highest BCUT2D eigenvalue weighted by Gasteiger charge is 2.35. The highest BCUT2D eigenvalue weighted by Crippen LogP contribution is 2.40. The van der Waals surface area contributed by atoms with Crippen LogP contribution in [0.2, 0.25) is 0 Å². The standard InChI is InChI=1S/C24H24N2O6S/c1-5-30-21-16(10-7-11-17(21)29-4)20-19(23(28)31-6-2)14(3)25-24-26(20)22(27)18(33-24)13-15-9-8-12-32-15/h7-13,20H,5-6H2,1-4H3/b18-13+/t20-/m1/s1. The number of benzene rings is 1. The van der Waals surface area contributed by atoms with E-state index in [1.165, 1.54) is 15.9 Å². The summed E-state index contributed by atoms with van der Waals surface area (Å²) in [5.41, 5.74) is 1.08. The van der Waals surface area contributed by atoms with Crippen LogP contribution in [0.15, 0.2) is 62.1 Å². The van der Waals surface area contributed by atoms with Crippen LogP contribution in [0, 0.1) is 0 Å². The number of methoxy groups -OCH3 is 1. The quantitative estimate of drug-likeness (QED) is 0.495. The van der Waals surface area contributed by atoms with Crippen molar-refractivity contribution in [2.45, 2.75) is 26.8 Å². The Labute approximate surface area is 194 Å². The Morgan fingerprint density at radius 2 is 2.06 bits per heavy atom. The summed E-state index contributed by atoms with van der Waals surface area (Å²) in [7, 11) is 1.55. The predicted molar refractivity (Wildman–Crippen MR) is 123 cm³/mol. The maximum atomic E-state index is 13.6. The van der Waals surface area contributed by atoms with Gasteiger partial charge in [0, 0.05) is 11.6 Å². The van der Waals surface area contributed by atoms with Crippen molar-refractivity contribution in [1.29, 1.82) is 0 Å². The summed E-state index contributed by atoms with van der Waals surface area (Å²) in [6.07, 6.45) is 3.21. The third-order valence-electron chi connectivity index (χ3n) is 5.15. The van der Waals surface area contributed by atoms with Gasteiger partial charge in [0.25, 0.3) is 5.56 Å². The Morgan fingerprint density at radius 1 is 1.24 bits per heavy atom. The van der Waals surface area contributed by atoms with Gasteiger partial charge in [-0.05, 0) is 39.0 Å². The molecule has 8 nitrogen and oxygen atoms in total. The van der Waals surface area contributed by atoms with Gasteiger partial charge in [-0.1, -0.05) is 23.5 Å². The van der Waals surface area contributed by atoms with E-state index in [2.05, 4.69) is 4.99 Å². The van der Waals surface area contributed by atoms with Crippen LogP contribution in [0.25, 0.3) is 6.08 Å². The molecule has 3 heterocycles. The van der Waals surface area contributed by atoms with Crippen molar-refractivity contribution >= 4 is 23.4 Å². The molecule has 0 fully saturated rings. The lowest BCUT2D eigenvalue weighted by Gasteiger charge is -2.26. The Bertz CT molecular complexity index is 1380. The van der Waals surface area contributed by atoms with E-state index in [1.54, 1.807) is 57.6 Å². The highest BCUT2D eigenvalue weighted by atomic mass is 32.1. The Hall–Kier alpha value is -3.59. The molecule has 1 aliphatic rings. The van der Waals surface area contributed by atoms with Crippen molar-refractivity contribution in [3.8, 4) is 11.5 Å². The fourth-order valence-electron chi connectivity index (χ4n) is 3.80. The average molecular weight is 469 g/mol. The Morgan fingerprint density at radius 3 is 2.73 bits per heavy atom. The normalized spacial score (nSPS) is 15.8. The second kappa shape index (κ2) is 9.50. The molecule has 0 amide bonds. The third kappa shape index (κ3) is 4.11. The van der Waals surface area contributed by atoms with E-state index in [0.717, 1.165) is 0 Å². The smallest absolute Gasteiger partial charge is 0.338 e. The van der Waals surface area contributed by atoms with Crippen LogP contribution < -0.4 is 24.4 Å². The van der Waals surface area contributed by atoms with Crippen LogP contribution in [0.5, 0.6) is 11.5 Å². The maximum Gasteiger partial charge on any atom is 0.338 e. The molecule has 1 aromatic carbocycles. The van der Waals surface area contributed by atoms with E-state index in [9.17, 15) is 9.59 Å². The first kappa shape index (κ1) is 22.6. The lowest BCUT2D eigenvalue weighted by atomic mass is 9.94. The minimum atomic E-state index is -0.796. The Balaban J connectivity index is 2.03. The van der Waals surface area contributed by atoms with Crippen LogP contribution in [-0.2, 0) is 9.53 Å². The molecule has 2 aromatic heterocycles. The van der Waals surface area contributed by atoms with Crippen LogP contribution in [0.1, 0.15) is 38.1 Å².